The number of nitrogens with zero attached hydrogens (tertiary/aromatic N) is 3. The fourth-order valence-corrected chi connectivity index (χ4v) is 4.91. The molecule has 0 saturated carbocycles. The highest BCUT2D eigenvalue weighted by Gasteiger charge is 2.26. The summed E-state index contributed by atoms with van der Waals surface area (Å²) >= 11 is 12.5. The van der Waals surface area contributed by atoms with E-state index in [-0.39, 0.29) is 25.4 Å². The Balaban J connectivity index is 0.00000289. The molecule has 1 aliphatic rings. The molecule has 1 N–H and O–H groups in total. The van der Waals surface area contributed by atoms with Crippen molar-refractivity contribution in [3.8, 4) is 17.0 Å². The molecule has 1 aliphatic heterocycles. The summed E-state index contributed by atoms with van der Waals surface area (Å²) in [5.74, 6) is 0.561. The number of rotatable bonds is 4. The van der Waals surface area contributed by atoms with Crippen LogP contribution in [0.1, 0.15) is 28.5 Å². The molecule has 6 nitrogen and oxygen atoms in total. The average Bonchev–Trinajstić information content (AvgIpc) is 2.82. The van der Waals surface area contributed by atoms with E-state index in [0.29, 0.717) is 40.1 Å². The second-order valence-electron chi connectivity index (χ2n) is 8.33. The molecule has 5 rings (SSSR count). The van der Waals surface area contributed by atoms with Crippen LogP contribution in [0.4, 0.5) is 5.69 Å². The van der Waals surface area contributed by atoms with Gasteiger partial charge in [0.05, 0.1) is 24.0 Å². The van der Waals surface area contributed by atoms with Gasteiger partial charge in [0.1, 0.15) is 5.75 Å². The van der Waals surface area contributed by atoms with Gasteiger partial charge in [0.2, 0.25) is 0 Å². The summed E-state index contributed by atoms with van der Waals surface area (Å²) in [6.45, 7) is 0.546. The second kappa shape index (κ2) is 10.3. The molecular weight excluding hydrogens is 503 g/mol. The van der Waals surface area contributed by atoms with E-state index in [1.165, 1.54) is 0 Å². The Bertz CT molecular complexity index is 1390. The molecule has 1 amide bonds. The van der Waals surface area contributed by atoms with Gasteiger partial charge in [-0.2, -0.15) is 13.5 Å². The minimum atomic E-state index is -0.239. The zero-order chi connectivity index (χ0) is 23.8. The monoisotopic (exact) mass is 526 g/mol. The fourth-order valence-electron chi connectivity index (χ4n) is 4.39. The van der Waals surface area contributed by atoms with Crippen LogP contribution in [0, 0.1) is 0 Å². The van der Waals surface area contributed by atoms with Crippen molar-refractivity contribution in [1.82, 2.24) is 15.3 Å². The average molecular weight is 527 g/mol. The molecule has 35 heavy (non-hydrogen) atoms. The number of para-hydroxylation sites is 1. The molecule has 0 bridgehead atoms. The molecule has 0 unspecified atom stereocenters. The quantitative estimate of drug-likeness (QED) is 0.351. The van der Waals surface area contributed by atoms with Crippen LogP contribution < -0.4 is 15.0 Å². The van der Waals surface area contributed by atoms with Gasteiger partial charge in [0.15, 0.2) is 5.69 Å². The number of benzene rings is 2. The highest BCUT2D eigenvalue weighted by molar-refractivity contribution is 7.59. The van der Waals surface area contributed by atoms with Crippen molar-refractivity contribution < 1.29 is 9.53 Å². The largest absolute Gasteiger partial charge is 0.493 e. The number of carbonyl (C=O) groups is 1. The Hall–Kier alpha value is -3.00. The predicted octanol–water partition coefficient (Wildman–Crippen LogP) is 6.04. The van der Waals surface area contributed by atoms with E-state index in [1.54, 1.807) is 18.5 Å². The van der Waals surface area contributed by atoms with Crippen molar-refractivity contribution in [2.75, 3.05) is 25.6 Å². The van der Waals surface area contributed by atoms with E-state index >= 15 is 0 Å². The van der Waals surface area contributed by atoms with E-state index < -0.39 is 0 Å². The van der Waals surface area contributed by atoms with Crippen molar-refractivity contribution in [3.05, 3.63) is 82.2 Å². The van der Waals surface area contributed by atoms with Gasteiger partial charge >= 0.3 is 0 Å². The van der Waals surface area contributed by atoms with Crippen LogP contribution in [-0.4, -0.2) is 36.6 Å². The first-order chi connectivity index (χ1) is 16.4. The number of amides is 1. The Labute approximate surface area is 220 Å². The third-order valence-corrected chi connectivity index (χ3v) is 6.29. The summed E-state index contributed by atoms with van der Waals surface area (Å²) in [6.07, 6.45) is 4.10. The molecule has 0 spiro atoms. The molecule has 0 aliphatic carbocycles. The molecule has 0 fully saturated rings. The number of fused-ring (bicyclic) bond motifs is 2. The van der Waals surface area contributed by atoms with Crippen molar-refractivity contribution >= 4 is 59.1 Å². The van der Waals surface area contributed by atoms with E-state index in [9.17, 15) is 4.79 Å². The van der Waals surface area contributed by atoms with Crippen molar-refractivity contribution in [2.24, 2.45) is 0 Å². The molecular formula is C26H24Cl2N4O2S. The summed E-state index contributed by atoms with van der Waals surface area (Å²) < 4.78 is 5.73. The van der Waals surface area contributed by atoms with E-state index in [2.05, 4.69) is 15.3 Å². The lowest BCUT2D eigenvalue weighted by atomic mass is 10.00. The maximum atomic E-state index is 13.4. The van der Waals surface area contributed by atoms with Crippen molar-refractivity contribution in [3.63, 3.8) is 0 Å². The van der Waals surface area contributed by atoms with E-state index in [1.807, 2.05) is 61.5 Å². The Morgan fingerprint density at radius 3 is 2.54 bits per heavy atom. The predicted molar refractivity (Wildman–Crippen MR) is 146 cm³/mol. The first-order valence-corrected chi connectivity index (χ1v) is 11.6. The molecule has 3 heterocycles. The van der Waals surface area contributed by atoms with Gasteiger partial charge < -0.3 is 15.0 Å². The number of nitrogens with one attached hydrogen (secondary N) is 1. The third kappa shape index (κ3) is 4.89. The minimum absolute atomic E-state index is 0. The van der Waals surface area contributed by atoms with E-state index in [0.717, 1.165) is 27.6 Å². The van der Waals surface area contributed by atoms with Crippen LogP contribution in [0.3, 0.4) is 0 Å². The standard InChI is InChI=1S/C26H22Cl2N4O2.H2S/c1-32(2)25-18-7-9-29-23(15-11-16(27)13-17(28)12-15)20(18)14-30-24(25)26(33)31-21-8-10-34-22-6-4-3-5-19(21)22;/h3-7,9,11-14,21H,8,10H2,1-2H3,(H,31,33);1H2/t21-;/m0./s1. The van der Waals surface area contributed by atoms with Crippen LogP contribution in [-0.2, 0) is 0 Å². The van der Waals surface area contributed by atoms with E-state index in [4.69, 9.17) is 27.9 Å². The van der Waals surface area contributed by atoms with Crippen LogP contribution in [0.5, 0.6) is 5.75 Å². The smallest absolute Gasteiger partial charge is 0.272 e. The van der Waals surface area contributed by atoms with Crippen LogP contribution >= 0.6 is 36.7 Å². The highest BCUT2D eigenvalue weighted by Crippen LogP contribution is 2.36. The number of pyridine rings is 2. The number of hydrogen-bond donors (Lipinski definition) is 1. The molecule has 2 aromatic carbocycles. The Kier molecular flexibility index (Phi) is 7.40. The van der Waals surface area contributed by atoms with Crippen molar-refractivity contribution in [2.45, 2.75) is 12.5 Å². The second-order valence-corrected chi connectivity index (χ2v) is 9.20. The lowest BCUT2D eigenvalue weighted by Crippen LogP contribution is -2.33. The maximum absolute atomic E-state index is 13.4. The number of aromatic nitrogens is 2. The lowest BCUT2D eigenvalue weighted by molar-refractivity contribution is 0.0920. The lowest BCUT2D eigenvalue weighted by Gasteiger charge is -2.27. The zero-order valence-electron chi connectivity index (χ0n) is 19.2. The summed E-state index contributed by atoms with van der Waals surface area (Å²) in [5, 5.41) is 5.86. The first kappa shape index (κ1) is 25.1. The zero-order valence-corrected chi connectivity index (χ0v) is 21.7. The number of anilines is 1. The number of halogens is 2. The Morgan fingerprint density at radius 2 is 1.80 bits per heavy atom. The van der Waals surface area contributed by atoms with Crippen LogP contribution in [0.2, 0.25) is 10.0 Å². The maximum Gasteiger partial charge on any atom is 0.272 e. The van der Waals surface area contributed by atoms with Gasteiger partial charge in [0.25, 0.3) is 5.91 Å². The number of hydrogen-bond acceptors (Lipinski definition) is 5. The van der Waals surface area contributed by atoms with Gasteiger partial charge in [-0.25, -0.2) is 4.98 Å². The third-order valence-electron chi connectivity index (χ3n) is 5.85. The summed E-state index contributed by atoms with van der Waals surface area (Å²) in [4.78, 5) is 24.5. The summed E-state index contributed by atoms with van der Waals surface area (Å²) in [7, 11) is 3.79. The minimum Gasteiger partial charge on any atom is -0.493 e. The first-order valence-electron chi connectivity index (χ1n) is 10.9. The summed E-state index contributed by atoms with van der Waals surface area (Å²) in [6, 6.07) is 14.8. The number of ether oxygens (including phenoxy) is 1. The molecule has 4 aromatic rings. The topological polar surface area (TPSA) is 67.4 Å². The van der Waals surface area contributed by atoms with Gasteiger partial charge in [-0.15, -0.1) is 0 Å². The molecule has 1 atom stereocenters. The summed E-state index contributed by atoms with van der Waals surface area (Å²) in [5.41, 5.74) is 3.52. The molecule has 180 valence electrons. The normalized spacial score (nSPS) is 14.5. The van der Waals surface area contributed by atoms with Crippen molar-refractivity contribution in [1.29, 1.82) is 0 Å². The Morgan fingerprint density at radius 1 is 1.06 bits per heavy atom. The fraction of sp³-hybridized carbons (Fsp3) is 0.192. The molecule has 9 heteroatoms. The highest BCUT2D eigenvalue weighted by atomic mass is 35.5. The number of carbonyl (C=O) groups excluding carboxylic acids is 1. The van der Waals surface area contributed by atoms with Crippen LogP contribution in [0.15, 0.2) is 60.9 Å². The SMILES string of the molecule is CN(C)c1c(C(=O)N[C@H]2CCOc3ccccc32)ncc2c(-c3cc(Cl)cc(Cl)c3)nccc12.S. The molecule has 0 saturated heterocycles. The van der Waals surface area contributed by atoms with Crippen LogP contribution in [0.25, 0.3) is 22.0 Å². The van der Waals surface area contributed by atoms with Gasteiger partial charge in [0, 0.05) is 64.9 Å². The van der Waals surface area contributed by atoms with Gasteiger partial charge in [-0.05, 0) is 30.3 Å². The van der Waals surface area contributed by atoms with Gasteiger partial charge in [-0.1, -0.05) is 41.4 Å². The molecule has 2 aromatic heterocycles. The molecule has 0 radical (unpaired) electrons. The van der Waals surface area contributed by atoms with Gasteiger partial charge in [-0.3, -0.25) is 9.78 Å².